The summed E-state index contributed by atoms with van der Waals surface area (Å²) in [5.41, 5.74) is 7.23. The van der Waals surface area contributed by atoms with Gasteiger partial charge in [0.1, 0.15) is 5.75 Å². The number of H-pyrrole nitrogens is 1. The predicted octanol–water partition coefficient (Wildman–Crippen LogP) is 1.64. The van der Waals surface area contributed by atoms with Gasteiger partial charge in [0.2, 0.25) is 5.78 Å². The van der Waals surface area contributed by atoms with Crippen LogP contribution in [-0.2, 0) is 0 Å². The maximum Gasteiger partial charge on any atom is 0.282 e. The zero-order valence-corrected chi connectivity index (χ0v) is 14.6. The Kier molecular flexibility index (Phi) is 5.21. The fraction of sp³-hybridized carbons (Fsp3) is 0.278. The van der Waals surface area contributed by atoms with E-state index in [4.69, 9.17) is 15.9 Å². The molecule has 0 atom stereocenters. The van der Waals surface area contributed by atoms with E-state index >= 15 is 0 Å². The molecule has 0 aliphatic heterocycles. The van der Waals surface area contributed by atoms with Crippen molar-refractivity contribution in [3.8, 4) is 16.9 Å². The summed E-state index contributed by atoms with van der Waals surface area (Å²) in [5.74, 6) is 1.27. The van der Waals surface area contributed by atoms with Crippen LogP contribution in [-0.4, -0.2) is 33.5 Å². The molecule has 1 aromatic carbocycles. The zero-order valence-electron chi connectivity index (χ0n) is 14.6. The number of hydrogen-bond acceptors (Lipinski definition) is 4. The lowest BCUT2D eigenvalue weighted by Gasteiger charge is -2.08. The maximum absolute atomic E-state index is 12.2. The molecule has 8 nitrogen and oxygen atoms in total. The van der Waals surface area contributed by atoms with Crippen molar-refractivity contribution < 1.29 is 4.74 Å². The number of unbranched alkanes of at least 4 members (excludes halogenated alkanes) is 1. The van der Waals surface area contributed by atoms with Crippen molar-refractivity contribution in [2.45, 2.75) is 19.8 Å². The molecule has 0 saturated carbocycles. The van der Waals surface area contributed by atoms with E-state index < -0.39 is 0 Å². The smallest absolute Gasteiger partial charge is 0.282 e. The van der Waals surface area contributed by atoms with Crippen LogP contribution in [0.4, 0.5) is 0 Å². The van der Waals surface area contributed by atoms with Crippen LogP contribution in [0.5, 0.6) is 5.75 Å². The summed E-state index contributed by atoms with van der Waals surface area (Å²) in [7, 11) is 0. The quantitative estimate of drug-likeness (QED) is 0.292. The Balaban J connectivity index is 1.62. The van der Waals surface area contributed by atoms with Crippen LogP contribution in [0.25, 0.3) is 16.9 Å². The van der Waals surface area contributed by atoms with Gasteiger partial charge in [-0.05, 0) is 37.5 Å². The lowest BCUT2D eigenvalue weighted by Crippen LogP contribution is -2.31. The number of rotatable bonds is 7. The number of aromatic amines is 1. The second-order valence-corrected chi connectivity index (χ2v) is 6.05. The molecule has 0 saturated heterocycles. The Morgan fingerprint density at radius 2 is 2.08 bits per heavy atom. The van der Waals surface area contributed by atoms with Gasteiger partial charge in [-0.25, -0.2) is 0 Å². The molecule has 0 aliphatic carbocycles. The number of guanidine groups is 1. The fourth-order valence-corrected chi connectivity index (χ4v) is 2.65. The van der Waals surface area contributed by atoms with E-state index in [1.54, 1.807) is 6.20 Å². The van der Waals surface area contributed by atoms with E-state index in [1.165, 1.54) is 0 Å². The Bertz CT molecular complexity index is 958. The lowest BCUT2D eigenvalue weighted by atomic mass is 10.1. The molecule has 0 bridgehead atoms. The Morgan fingerprint density at radius 3 is 2.81 bits per heavy atom. The molecule has 8 heteroatoms. The topological polar surface area (TPSA) is 121 Å². The number of hydrogen-bond donors (Lipinski definition) is 4. The van der Waals surface area contributed by atoms with Crippen molar-refractivity contribution in [1.82, 2.24) is 19.7 Å². The Labute approximate surface area is 150 Å². The summed E-state index contributed by atoms with van der Waals surface area (Å²) < 4.78 is 7.50. The first kappa shape index (κ1) is 17.5. The predicted molar refractivity (Wildman–Crippen MR) is 101 cm³/mol. The van der Waals surface area contributed by atoms with Gasteiger partial charge >= 0.3 is 0 Å². The van der Waals surface area contributed by atoms with E-state index in [2.05, 4.69) is 15.3 Å². The molecule has 0 unspecified atom stereocenters. The highest BCUT2D eigenvalue weighted by Gasteiger charge is 2.08. The molecule has 2 aromatic heterocycles. The van der Waals surface area contributed by atoms with Crippen molar-refractivity contribution >= 4 is 11.7 Å². The van der Waals surface area contributed by atoms with Gasteiger partial charge in [0, 0.05) is 24.6 Å². The van der Waals surface area contributed by atoms with Crippen LogP contribution in [0.2, 0.25) is 0 Å². The molecule has 0 aliphatic rings. The van der Waals surface area contributed by atoms with E-state index in [0.717, 1.165) is 29.8 Å². The standard InChI is InChI=1S/C18H22N6O2/c1-12-10-24-11-15(16(25)23-18(24)22-12)13-4-6-14(7-5-13)26-9-3-2-8-21-17(19)20/h4-7,10-11H,2-3,8-9H2,1H3,(H4,19,20,21)(H,22,23,25). The van der Waals surface area contributed by atoms with Crippen LogP contribution < -0.4 is 21.3 Å². The number of nitrogens with one attached hydrogen (secondary N) is 3. The first-order valence-corrected chi connectivity index (χ1v) is 8.43. The Hall–Kier alpha value is -3.29. The van der Waals surface area contributed by atoms with E-state index in [0.29, 0.717) is 24.5 Å². The second kappa shape index (κ2) is 7.73. The second-order valence-electron chi connectivity index (χ2n) is 6.05. The maximum atomic E-state index is 12.2. The van der Waals surface area contributed by atoms with E-state index in [1.807, 2.05) is 41.8 Å². The molecule has 3 aromatic rings. The molecule has 0 amide bonds. The summed E-state index contributed by atoms with van der Waals surface area (Å²) in [6, 6.07) is 7.41. The van der Waals surface area contributed by atoms with Crippen LogP contribution in [0.3, 0.4) is 0 Å². The zero-order chi connectivity index (χ0) is 18.5. The van der Waals surface area contributed by atoms with Crippen LogP contribution in [0.15, 0.2) is 41.5 Å². The molecule has 0 spiro atoms. The van der Waals surface area contributed by atoms with Crippen molar-refractivity contribution in [2.24, 2.45) is 5.73 Å². The summed E-state index contributed by atoms with van der Waals surface area (Å²) in [6.45, 7) is 3.16. The number of fused-ring (bicyclic) bond motifs is 1. The molecule has 26 heavy (non-hydrogen) atoms. The molecule has 3 rings (SSSR count). The largest absolute Gasteiger partial charge is 0.494 e. The summed E-state index contributed by atoms with van der Waals surface area (Å²) in [5, 5.41) is 9.82. The molecular formula is C18H22N6O2. The molecule has 2 heterocycles. The third kappa shape index (κ3) is 4.21. The number of benzene rings is 1. The van der Waals surface area contributed by atoms with Crippen LogP contribution >= 0.6 is 0 Å². The highest BCUT2D eigenvalue weighted by molar-refractivity contribution is 5.74. The van der Waals surface area contributed by atoms with Gasteiger partial charge in [-0.2, -0.15) is 4.98 Å². The lowest BCUT2D eigenvalue weighted by molar-refractivity contribution is 0.307. The number of ether oxygens (including phenoxy) is 1. The first-order valence-electron chi connectivity index (χ1n) is 8.43. The Morgan fingerprint density at radius 1 is 1.31 bits per heavy atom. The average molecular weight is 354 g/mol. The number of nitrogens with two attached hydrogens (primary N) is 1. The number of aryl methyl sites for hydroxylation is 1. The SMILES string of the molecule is Cc1cn2cc(-c3ccc(OCCCCNC(=N)N)cc3)c(=O)nc2[nH]1. The third-order valence-corrected chi connectivity index (χ3v) is 3.91. The fourth-order valence-electron chi connectivity index (χ4n) is 2.65. The van der Waals surface area contributed by atoms with Gasteiger partial charge in [0.15, 0.2) is 5.96 Å². The molecular weight excluding hydrogens is 332 g/mol. The molecule has 5 N–H and O–H groups in total. The van der Waals surface area contributed by atoms with Gasteiger partial charge in [0.05, 0.1) is 12.2 Å². The van der Waals surface area contributed by atoms with Crippen LogP contribution in [0, 0.1) is 12.3 Å². The van der Waals surface area contributed by atoms with Gasteiger partial charge in [0.25, 0.3) is 5.56 Å². The molecule has 0 fully saturated rings. The summed E-state index contributed by atoms with van der Waals surface area (Å²) in [4.78, 5) is 19.4. The average Bonchev–Trinajstić information content (AvgIpc) is 2.96. The van der Waals surface area contributed by atoms with Crippen molar-refractivity contribution in [1.29, 1.82) is 5.41 Å². The van der Waals surface area contributed by atoms with Gasteiger partial charge in [-0.15, -0.1) is 0 Å². The van der Waals surface area contributed by atoms with Crippen molar-refractivity contribution in [3.63, 3.8) is 0 Å². The first-order chi connectivity index (χ1) is 12.5. The number of imidazole rings is 1. The summed E-state index contributed by atoms with van der Waals surface area (Å²) in [6.07, 6.45) is 5.41. The van der Waals surface area contributed by atoms with Gasteiger partial charge in [-0.1, -0.05) is 12.1 Å². The monoisotopic (exact) mass is 354 g/mol. The van der Waals surface area contributed by atoms with Crippen LogP contribution in [0.1, 0.15) is 18.5 Å². The van der Waals surface area contributed by atoms with Gasteiger partial charge in [-0.3, -0.25) is 14.6 Å². The minimum absolute atomic E-state index is 0.0140. The third-order valence-electron chi connectivity index (χ3n) is 3.91. The summed E-state index contributed by atoms with van der Waals surface area (Å²) >= 11 is 0. The minimum atomic E-state index is -0.265. The minimum Gasteiger partial charge on any atom is -0.494 e. The van der Waals surface area contributed by atoms with Crippen molar-refractivity contribution in [3.05, 3.63) is 52.7 Å². The van der Waals surface area contributed by atoms with E-state index in [9.17, 15) is 4.79 Å². The highest BCUT2D eigenvalue weighted by atomic mass is 16.5. The normalized spacial score (nSPS) is 10.8. The van der Waals surface area contributed by atoms with E-state index in [-0.39, 0.29) is 11.5 Å². The number of aromatic nitrogens is 3. The molecule has 136 valence electrons. The van der Waals surface area contributed by atoms with Gasteiger partial charge < -0.3 is 20.8 Å². The van der Waals surface area contributed by atoms with Crippen molar-refractivity contribution in [2.75, 3.05) is 13.2 Å². The highest BCUT2D eigenvalue weighted by Crippen LogP contribution is 2.20. The molecule has 0 radical (unpaired) electrons. The number of nitrogens with zero attached hydrogens (tertiary/aromatic N) is 2.